The first-order valence-electron chi connectivity index (χ1n) is 9.59. The van der Waals surface area contributed by atoms with Crippen molar-refractivity contribution < 1.29 is 9.53 Å². The van der Waals surface area contributed by atoms with Gasteiger partial charge in [-0.2, -0.15) is 0 Å². The van der Waals surface area contributed by atoms with Crippen LogP contribution in [0.15, 0.2) is 54.6 Å². The lowest BCUT2D eigenvalue weighted by Gasteiger charge is -2.25. The molecule has 27 heavy (non-hydrogen) atoms. The van der Waals surface area contributed by atoms with Crippen molar-refractivity contribution in [3.8, 4) is 5.75 Å². The minimum Gasteiger partial charge on any atom is -0.492 e. The van der Waals surface area contributed by atoms with Crippen molar-refractivity contribution in [1.29, 1.82) is 0 Å². The second-order valence-electron chi connectivity index (χ2n) is 7.22. The van der Waals surface area contributed by atoms with Gasteiger partial charge in [-0.3, -0.25) is 0 Å². The minimum atomic E-state index is -0.00784. The van der Waals surface area contributed by atoms with E-state index in [9.17, 15) is 4.79 Å². The summed E-state index contributed by atoms with van der Waals surface area (Å²) in [5.41, 5.74) is 2.50. The van der Waals surface area contributed by atoms with Crippen molar-refractivity contribution in [3.05, 3.63) is 65.7 Å². The summed E-state index contributed by atoms with van der Waals surface area (Å²) in [5.74, 6) is 0.823. The van der Waals surface area contributed by atoms with Gasteiger partial charge in [0.2, 0.25) is 0 Å². The first-order chi connectivity index (χ1) is 13.1. The number of hydrogen-bond donors (Lipinski definition) is 1. The SMILES string of the molecule is CN(C)Cc1ccc(C2CCCN2C(=O)NCCOc2ccccc2)cc1. The van der Waals surface area contributed by atoms with E-state index in [0.717, 1.165) is 31.7 Å². The van der Waals surface area contributed by atoms with Crippen LogP contribution < -0.4 is 10.1 Å². The molecule has 0 aliphatic carbocycles. The summed E-state index contributed by atoms with van der Waals surface area (Å²) < 4.78 is 5.64. The van der Waals surface area contributed by atoms with Gasteiger partial charge in [0.1, 0.15) is 12.4 Å². The highest BCUT2D eigenvalue weighted by Crippen LogP contribution is 2.32. The van der Waals surface area contributed by atoms with Crippen molar-refractivity contribution in [1.82, 2.24) is 15.1 Å². The maximum Gasteiger partial charge on any atom is 0.318 e. The molecular weight excluding hydrogens is 338 g/mol. The molecule has 1 unspecified atom stereocenters. The Bertz CT molecular complexity index is 716. The Hall–Kier alpha value is -2.53. The first-order valence-corrected chi connectivity index (χ1v) is 9.59. The fourth-order valence-electron chi connectivity index (χ4n) is 3.51. The summed E-state index contributed by atoms with van der Waals surface area (Å²) in [7, 11) is 4.14. The molecule has 1 aliphatic rings. The number of ether oxygens (including phenoxy) is 1. The molecule has 0 aromatic heterocycles. The van der Waals surface area contributed by atoms with Gasteiger partial charge in [0.15, 0.2) is 0 Å². The fraction of sp³-hybridized carbons (Fsp3) is 0.409. The largest absolute Gasteiger partial charge is 0.492 e. The Morgan fingerprint density at radius 3 is 2.59 bits per heavy atom. The molecule has 0 radical (unpaired) electrons. The van der Waals surface area contributed by atoms with Crippen LogP contribution in [0, 0.1) is 0 Å². The number of amides is 2. The molecule has 1 heterocycles. The lowest BCUT2D eigenvalue weighted by atomic mass is 10.0. The monoisotopic (exact) mass is 367 g/mol. The van der Waals surface area contributed by atoms with Crippen molar-refractivity contribution in [2.24, 2.45) is 0 Å². The van der Waals surface area contributed by atoms with Gasteiger partial charge in [-0.1, -0.05) is 42.5 Å². The number of para-hydroxylation sites is 1. The highest BCUT2D eigenvalue weighted by molar-refractivity contribution is 5.75. The molecule has 3 rings (SSSR count). The normalized spacial score (nSPS) is 16.6. The number of rotatable bonds is 7. The topological polar surface area (TPSA) is 44.8 Å². The van der Waals surface area contributed by atoms with E-state index in [0.29, 0.717) is 13.2 Å². The molecule has 0 saturated carbocycles. The molecule has 0 spiro atoms. The van der Waals surface area contributed by atoms with Gasteiger partial charge in [-0.25, -0.2) is 4.79 Å². The zero-order valence-corrected chi connectivity index (χ0v) is 16.2. The van der Waals surface area contributed by atoms with Crippen LogP contribution in [-0.2, 0) is 6.54 Å². The molecule has 1 atom stereocenters. The number of benzene rings is 2. The van der Waals surface area contributed by atoms with Crippen LogP contribution in [0.1, 0.15) is 30.0 Å². The Morgan fingerprint density at radius 1 is 1.15 bits per heavy atom. The van der Waals surface area contributed by atoms with E-state index in [1.165, 1.54) is 11.1 Å². The van der Waals surface area contributed by atoms with Crippen LogP contribution in [0.5, 0.6) is 5.75 Å². The average Bonchev–Trinajstić information content (AvgIpc) is 3.16. The van der Waals surface area contributed by atoms with Gasteiger partial charge in [-0.15, -0.1) is 0 Å². The quantitative estimate of drug-likeness (QED) is 0.760. The third-order valence-corrected chi connectivity index (χ3v) is 4.77. The maximum absolute atomic E-state index is 12.6. The van der Waals surface area contributed by atoms with E-state index in [1.54, 1.807) is 0 Å². The van der Waals surface area contributed by atoms with Crippen LogP contribution in [0.25, 0.3) is 0 Å². The smallest absolute Gasteiger partial charge is 0.318 e. The molecule has 144 valence electrons. The minimum absolute atomic E-state index is 0.00784. The first kappa shape index (κ1) is 19.2. The van der Waals surface area contributed by atoms with E-state index in [1.807, 2.05) is 35.2 Å². The molecule has 2 aromatic rings. The average molecular weight is 367 g/mol. The van der Waals surface area contributed by atoms with E-state index >= 15 is 0 Å². The molecule has 2 amide bonds. The number of nitrogens with one attached hydrogen (secondary N) is 1. The molecule has 0 bridgehead atoms. The Balaban J connectivity index is 1.50. The number of hydrogen-bond acceptors (Lipinski definition) is 3. The summed E-state index contributed by atoms with van der Waals surface area (Å²) in [4.78, 5) is 16.7. The molecule has 5 heteroatoms. The summed E-state index contributed by atoms with van der Waals surface area (Å²) in [6.07, 6.45) is 2.05. The van der Waals surface area contributed by atoms with Crippen LogP contribution in [0.3, 0.4) is 0 Å². The highest BCUT2D eigenvalue weighted by atomic mass is 16.5. The van der Waals surface area contributed by atoms with Crippen LogP contribution >= 0.6 is 0 Å². The predicted octanol–water partition coefficient (Wildman–Crippen LogP) is 3.67. The van der Waals surface area contributed by atoms with Crippen molar-refractivity contribution in [2.45, 2.75) is 25.4 Å². The molecular formula is C22H29N3O2. The second-order valence-corrected chi connectivity index (χ2v) is 7.22. The number of nitrogens with zero attached hydrogens (tertiary/aromatic N) is 2. The van der Waals surface area contributed by atoms with Crippen LogP contribution in [0.4, 0.5) is 4.79 Å². The number of urea groups is 1. The van der Waals surface area contributed by atoms with Gasteiger partial charge >= 0.3 is 6.03 Å². The Kier molecular flexibility index (Phi) is 6.71. The summed E-state index contributed by atoms with van der Waals surface area (Å²) in [6, 6.07) is 18.5. The van der Waals surface area contributed by atoms with E-state index in [2.05, 4.69) is 48.6 Å². The van der Waals surface area contributed by atoms with Gasteiger partial charge in [0.25, 0.3) is 0 Å². The van der Waals surface area contributed by atoms with Crippen molar-refractivity contribution in [2.75, 3.05) is 33.8 Å². The Labute approximate surface area is 161 Å². The zero-order chi connectivity index (χ0) is 19.1. The predicted molar refractivity (Wildman–Crippen MR) is 108 cm³/mol. The lowest BCUT2D eigenvalue weighted by molar-refractivity contribution is 0.190. The summed E-state index contributed by atoms with van der Waals surface area (Å²) in [5, 5.41) is 2.99. The van der Waals surface area contributed by atoms with Crippen molar-refractivity contribution >= 4 is 6.03 Å². The van der Waals surface area contributed by atoms with Gasteiger partial charge in [-0.05, 0) is 50.2 Å². The molecule has 1 aliphatic heterocycles. The summed E-state index contributed by atoms with van der Waals surface area (Å²) >= 11 is 0. The molecule has 1 fully saturated rings. The van der Waals surface area contributed by atoms with Gasteiger partial charge < -0.3 is 19.9 Å². The number of carbonyl (C=O) groups excluding carboxylic acids is 1. The van der Waals surface area contributed by atoms with Crippen LogP contribution in [-0.4, -0.2) is 49.6 Å². The zero-order valence-electron chi connectivity index (χ0n) is 16.2. The highest BCUT2D eigenvalue weighted by Gasteiger charge is 2.29. The third kappa shape index (κ3) is 5.47. The van der Waals surface area contributed by atoms with E-state index in [4.69, 9.17) is 4.74 Å². The fourth-order valence-corrected chi connectivity index (χ4v) is 3.51. The van der Waals surface area contributed by atoms with Gasteiger partial charge in [0.05, 0.1) is 12.6 Å². The second kappa shape index (κ2) is 9.42. The third-order valence-electron chi connectivity index (χ3n) is 4.77. The lowest BCUT2D eigenvalue weighted by Crippen LogP contribution is -2.41. The van der Waals surface area contributed by atoms with E-state index in [-0.39, 0.29) is 12.1 Å². The summed E-state index contributed by atoms with van der Waals surface area (Å²) in [6.45, 7) is 2.69. The van der Waals surface area contributed by atoms with Crippen molar-refractivity contribution in [3.63, 3.8) is 0 Å². The number of likely N-dealkylation sites (tertiary alicyclic amines) is 1. The van der Waals surface area contributed by atoms with Gasteiger partial charge in [0, 0.05) is 13.1 Å². The molecule has 1 N–H and O–H groups in total. The van der Waals surface area contributed by atoms with E-state index < -0.39 is 0 Å². The molecule has 1 saturated heterocycles. The molecule has 5 nitrogen and oxygen atoms in total. The maximum atomic E-state index is 12.6. The van der Waals surface area contributed by atoms with Crippen LogP contribution in [0.2, 0.25) is 0 Å². The standard InChI is InChI=1S/C22H29N3O2/c1-24(2)17-18-10-12-19(13-11-18)21-9-6-15-25(21)22(26)23-14-16-27-20-7-4-3-5-8-20/h3-5,7-8,10-13,21H,6,9,14-17H2,1-2H3,(H,23,26). The molecule has 2 aromatic carbocycles. The number of carbonyl (C=O) groups is 1. The Morgan fingerprint density at radius 2 is 1.89 bits per heavy atom.